The largest absolute Gasteiger partial charge is 0.378 e. The van der Waals surface area contributed by atoms with Crippen molar-refractivity contribution in [2.24, 2.45) is 15.7 Å². The topological polar surface area (TPSA) is 96.3 Å². The highest BCUT2D eigenvalue weighted by Crippen LogP contribution is 2.22. The molecule has 0 bridgehead atoms. The van der Waals surface area contributed by atoms with Gasteiger partial charge < -0.3 is 19.9 Å². The summed E-state index contributed by atoms with van der Waals surface area (Å²) >= 11 is 0. The van der Waals surface area contributed by atoms with Crippen LogP contribution in [-0.4, -0.2) is 65.5 Å². The van der Waals surface area contributed by atoms with E-state index < -0.39 is 0 Å². The number of aromatic nitrogens is 2. The third kappa shape index (κ3) is 4.75. The molecule has 0 saturated carbocycles. The third-order valence-corrected chi connectivity index (χ3v) is 5.01. The number of rotatable bonds is 6. The standard InChI is InChI=1S/C20H28N8O/c1-16-3-5-17(6-4-16)28-19(23-7-2-9-26-10-8-22-15-26)24-18(21)25-20(28)27-11-13-29-14-12-27/h3-6,8,10,15,19,23H,2,7,9,11-14H2,1H3,(H2,21,24). The van der Waals surface area contributed by atoms with Gasteiger partial charge in [0, 0.05) is 44.3 Å². The second-order valence-electron chi connectivity index (χ2n) is 7.19. The van der Waals surface area contributed by atoms with Gasteiger partial charge in [0.2, 0.25) is 11.9 Å². The fraction of sp³-hybridized carbons (Fsp3) is 0.450. The van der Waals surface area contributed by atoms with Crippen LogP contribution in [-0.2, 0) is 11.3 Å². The summed E-state index contributed by atoms with van der Waals surface area (Å²) in [5, 5.41) is 3.53. The van der Waals surface area contributed by atoms with Crippen molar-refractivity contribution in [2.45, 2.75) is 26.2 Å². The van der Waals surface area contributed by atoms with E-state index in [0.717, 1.165) is 44.2 Å². The van der Waals surface area contributed by atoms with E-state index in [1.165, 1.54) is 5.56 Å². The molecule has 1 atom stereocenters. The SMILES string of the molecule is Cc1ccc(N2C(N3CCOCC3)=NC(N)=NC2NCCCn2ccnc2)cc1. The molecule has 9 heteroatoms. The second kappa shape index (κ2) is 9.06. The maximum absolute atomic E-state index is 6.09. The lowest BCUT2D eigenvalue weighted by Crippen LogP contribution is -2.59. The molecule has 0 amide bonds. The quantitative estimate of drug-likeness (QED) is 0.707. The number of hydrogen-bond donors (Lipinski definition) is 2. The van der Waals surface area contributed by atoms with E-state index in [-0.39, 0.29) is 6.29 Å². The van der Waals surface area contributed by atoms with Gasteiger partial charge in [-0.3, -0.25) is 10.2 Å². The number of nitrogens with one attached hydrogen (secondary N) is 1. The highest BCUT2D eigenvalue weighted by atomic mass is 16.5. The molecular weight excluding hydrogens is 368 g/mol. The van der Waals surface area contributed by atoms with Gasteiger partial charge in [-0.05, 0) is 25.5 Å². The summed E-state index contributed by atoms with van der Waals surface area (Å²) in [5.74, 6) is 1.11. The molecule has 9 nitrogen and oxygen atoms in total. The molecule has 3 heterocycles. The minimum atomic E-state index is -0.309. The summed E-state index contributed by atoms with van der Waals surface area (Å²) in [7, 11) is 0. The minimum absolute atomic E-state index is 0.293. The van der Waals surface area contributed by atoms with E-state index in [0.29, 0.717) is 19.2 Å². The Labute approximate surface area is 170 Å². The summed E-state index contributed by atoms with van der Waals surface area (Å²) in [6.45, 7) is 6.69. The Morgan fingerprint density at radius 2 is 2.00 bits per heavy atom. The number of guanidine groups is 2. The Morgan fingerprint density at radius 1 is 1.21 bits per heavy atom. The van der Waals surface area contributed by atoms with Gasteiger partial charge in [-0.25, -0.2) is 9.98 Å². The molecule has 0 radical (unpaired) electrons. The number of nitrogens with two attached hydrogens (primary N) is 1. The molecule has 1 saturated heterocycles. The van der Waals surface area contributed by atoms with Crippen LogP contribution in [0.3, 0.4) is 0 Å². The lowest BCUT2D eigenvalue weighted by atomic mass is 10.2. The number of aryl methyl sites for hydroxylation is 2. The number of aliphatic imine (C=N–C) groups is 2. The molecular formula is C20H28N8O. The van der Waals surface area contributed by atoms with Crippen LogP contribution >= 0.6 is 0 Å². The molecule has 1 unspecified atom stereocenters. The van der Waals surface area contributed by atoms with Gasteiger partial charge in [0.05, 0.1) is 19.5 Å². The normalized spacial score (nSPS) is 19.8. The van der Waals surface area contributed by atoms with Crippen LogP contribution in [0.15, 0.2) is 53.0 Å². The van der Waals surface area contributed by atoms with Crippen molar-refractivity contribution < 1.29 is 4.74 Å². The lowest BCUT2D eigenvalue weighted by Gasteiger charge is -2.41. The van der Waals surface area contributed by atoms with Crippen LogP contribution in [0.5, 0.6) is 0 Å². The number of benzene rings is 1. The molecule has 154 valence electrons. The number of anilines is 1. The summed E-state index contributed by atoms with van der Waals surface area (Å²) in [6, 6.07) is 8.40. The highest BCUT2D eigenvalue weighted by Gasteiger charge is 2.31. The Morgan fingerprint density at radius 3 is 2.72 bits per heavy atom. The van der Waals surface area contributed by atoms with Crippen molar-refractivity contribution in [3.8, 4) is 0 Å². The van der Waals surface area contributed by atoms with Crippen molar-refractivity contribution in [1.29, 1.82) is 0 Å². The van der Waals surface area contributed by atoms with Gasteiger partial charge >= 0.3 is 0 Å². The fourth-order valence-electron chi connectivity index (χ4n) is 3.47. The third-order valence-electron chi connectivity index (χ3n) is 5.01. The van der Waals surface area contributed by atoms with E-state index in [2.05, 4.69) is 65.8 Å². The van der Waals surface area contributed by atoms with Gasteiger partial charge in [0.25, 0.3) is 0 Å². The van der Waals surface area contributed by atoms with Crippen molar-refractivity contribution in [1.82, 2.24) is 19.8 Å². The van der Waals surface area contributed by atoms with Crippen molar-refractivity contribution >= 4 is 17.6 Å². The molecule has 2 aromatic rings. The molecule has 1 aromatic heterocycles. The first-order valence-electron chi connectivity index (χ1n) is 10.0. The first kappa shape index (κ1) is 19.4. The van der Waals surface area contributed by atoms with E-state index in [1.807, 2.05) is 12.5 Å². The average molecular weight is 396 g/mol. The zero-order chi connectivity index (χ0) is 20.1. The van der Waals surface area contributed by atoms with Gasteiger partial charge in [-0.1, -0.05) is 17.7 Å². The van der Waals surface area contributed by atoms with E-state index in [9.17, 15) is 0 Å². The van der Waals surface area contributed by atoms with Crippen LogP contribution in [0, 0.1) is 6.92 Å². The Balaban J connectivity index is 1.52. The van der Waals surface area contributed by atoms with Gasteiger partial charge in [0.15, 0.2) is 6.29 Å². The molecule has 29 heavy (non-hydrogen) atoms. The first-order valence-corrected chi connectivity index (χ1v) is 10.0. The monoisotopic (exact) mass is 396 g/mol. The maximum Gasteiger partial charge on any atom is 0.221 e. The van der Waals surface area contributed by atoms with Crippen molar-refractivity contribution in [2.75, 3.05) is 37.7 Å². The molecule has 3 N–H and O–H groups in total. The average Bonchev–Trinajstić information content (AvgIpc) is 3.26. The summed E-state index contributed by atoms with van der Waals surface area (Å²) < 4.78 is 7.58. The minimum Gasteiger partial charge on any atom is -0.378 e. The summed E-state index contributed by atoms with van der Waals surface area (Å²) in [4.78, 5) is 17.6. The number of imidazole rings is 1. The molecule has 0 aliphatic carbocycles. The van der Waals surface area contributed by atoms with Gasteiger partial charge in [-0.15, -0.1) is 0 Å². The van der Waals surface area contributed by atoms with Crippen LogP contribution < -0.4 is 16.0 Å². The van der Waals surface area contributed by atoms with Gasteiger partial charge in [-0.2, -0.15) is 4.99 Å². The molecule has 0 spiro atoms. The van der Waals surface area contributed by atoms with Crippen LogP contribution in [0.25, 0.3) is 0 Å². The van der Waals surface area contributed by atoms with Crippen LogP contribution in [0.4, 0.5) is 5.69 Å². The number of nitrogens with zero attached hydrogens (tertiary/aromatic N) is 6. The number of hydrogen-bond acceptors (Lipinski definition) is 8. The number of ether oxygens (including phenoxy) is 1. The maximum atomic E-state index is 6.09. The predicted molar refractivity (Wildman–Crippen MR) is 114 cm³/mol. The Hall–Kier alpha value is -2.91. The fourth-order valence-corrected chi connectivity index (χ4v) is 3.47. The van der Waals surface area contributed by atoms with E-state index in [1.54, 1.807) is 6.20 Å². The number of morpholine rings is 1. The molecule has 2 aliphatic heterocycles. The van der Waals surface area contributed by atoms with Crippen LogP contribution in [0.1, 0.15) is 12.0 Å². The Kier molecular flexibility index (Phi) is 6.06. The van der Waals surface area contributed by atoms with Crippen molar-refractivity contribution in [3.05, 3.63) is 48.5 Å². The zero-order valence-electron chi connectivity index (χ0n) is 16.7. The van der Waals surface area contributed by atoms with Crippen LogP contribution in [0.2, 0.25) is 0 Å². The Bertz CT molecular complexity index is 840. The van der Waals surface area contributed by atoms with E-state index >= 15 is 0 Å². The van der Waals surface area contributed by atoms with Gasteiger partial charge in [0.1, 0.15) is 0 Å². The lowest BCUT2D eigenvalue weighted by molar-refractivity contribution is 0.0669. The molecule has 2 aliphatic rings. The predicted octanol–water partition coefficient (Wildman–Crippen LogP) is 0.978. The summed E-state index contributed by atoms with van der Waals surface area (Å²) in [5.41, 5.74) is 8.34. The molecule has 1 aromatic carbocycles. The van der Waals surface area contributed by atoms with E-state index in [4.69, 9.17) is 10.5 Å². The second-order valence-corrected chi connectivity index (χ2v) is 7.19. The highest BCUT2D eigenvalue weighted by molar-refractivity contribution is 6.05. The summed E-state index contributed by atoms with van der Waals surface area (Å²) in [6.07, 6.45) is 6.24. The molecule has 1 fully saturated rings. The molecule has 4 rings (SSSR count). The smallest absolute Gasteiger partial charge is 0.221 e. The first-order chi connectivity index (χ1) is 14.2. The zero-order valence-corrected chi connectivity index (χ0v) is 16.7. The van der Waals surface area contributed by atoms with Crippen molar-refractivity contribution in [3.63, 3.8) is 0 Å².